The zero-order valence-electron chi connectivity index (χ0n) is 9.57. The highest BCUT2D eigenvalue weighted by Crippen LogP contribution is 2.47. The average molecular weight is 229 g/mol. The van der Waals surface area contributed by atoms with Gasteiger partial charge in [-0.2, -0.15) is 0 Å². The van der Waals surface area contributed by atoms with Crippen molar-refractivity contribution in [3.63, 3.8) is 0 Å². The SMILES string of the molecule is O=C(O)c1ccc2c(c1)C1(C=CN2)CCCC1. The zero-order chi connectivity index (χ0) is 11.9. The summed E-state index contributed by atoms with van der Waals surface area (Å²) in [4.78, 5) is 11.1. The van der Waals surface area contributed by atoms with Crippen LogP contribution in [0.5, 0.6) is 0 Å². The van der Waals surface area contributed by atoms with Crippen LogP contribution in [-0.4, -0.2) is 11.1 Å². The number of anilines is 1. The Balaban J connectivity index is 2.13. The van der Waals surface area contributed by atoms with E-state index in [0.717, 1.165) is 24.1 Å². The van der Waals surface area contributed by atoms with Gasteiger partial charge in [0.25, 0.3) is 0 Å². The third kappa shape index (κ3) is 1.54. The minimum atomic E-state index is -0.851. The predicted molar refractivity (Wildman–Crippen MR) is 66.3 cm³/mol. The summed E-state index contributed by atoms with van der Waals surface area (Å²) in [5.41, 5.74) is 2.66. The second kappa shape index (κ2) is 3.62. The van der Waals surface area contributed by atoms with Crippen LogP contribution in [0.2, 0.25) is 0 Å². The lowest BCUT2D eigenvalue weighted by Crippen LogP contribution is -2.24. The average Bonchev–Trinajstić information content (AvgIpc) is 2.78. The number of nitrogens with one attached hydrogen (secondary N) is 1. The van der Waals surface area contributed by atoms with Gasteiger partial charge in [0.05, 0.1) is 5.56 Å². The summed E-state index contributed by atoms with van der Waals surface area (Å²) in [5.74, 6) is -0.851. The van der Waals surface area contributed by atoms with Crippen molar-refractivity contribution in [3.8, 4) is 0 Å². The molecule has 1 fully saturated rings. The van der Waals surface area contributed by atoms with Crippen LogP contribution in [0, 0.1) is 0 Å². The van der Waals surface area contributed by atoms with E-state index in [2.05, 4.69) is 11.4 Å². The quantitative estimate of drug-likeness (QED) is 0.777. The predicted octanol–water partition coefficient (Wildman–Crippen LogP) is 3.14. The van der Waals surface area contributed by atoms with E-state index < -0.39 is 5.97 Å². The van der Waals surface area contributed by atoms with Crippen LogP contribution < -0.4 is 5.32 Å². The first-order valence-corrected chi connectivity index (χ1v) is 6.03. The Morgan fingerprint density at radius 3 is 2.76 bits per heavy atom. The lowest BCUT2D eigenvalue weighted by Gasteiger charge is -2.32. The number of carboxylic acids is 1. The molecule has 0 aromatic heterocycles. The summed E-state index contributed by atoms with van der Waals surface area (Å²) in [6.07, 6.45) is 8.90. The highest BCUT2D eigenvalue weighted by molar-refractivity contribution is 5.89. The Labute approximate surface area is 100 Å². The van der Waals surface area contributed by atoms with Gasteiger partial charge in [-0.25, -0.2) is 4.79 Å². The van der Waals surface area contributed by atoms with Gasteiger partial charge in [0.1, 0.15) is 0 Å². The summed E-state index contributed by atoms with van der Waals surface area (Å²) in [6.45, 7) is 0. The third-order valence-electron chi connectivity index (χ3n) is 3.94. The number of fused-ring (bicyclic) bond motifs is 2. The van der Waals surface area contributed by atoms with E-state index in [1.54, 1.807) is 6.07 Å². The molecular formula is C14H15NO2. The number of carbonyl (C=O) groups is 1. The van der Waals surface area contributed by atoms with Gasteiger partial charge in [0, 0.05) is 11.1 Å². The van der Waals surface area contributed by atoms with Crippen molar-refractivity contribution in [3.05, 3.63) is 41.6 Å². The molecule has 3 heteroatoms. The number of rotatable bonds is 1. The Hall–Kier alpha value is -1.77. The number of benzene rings is 1. The summed E-state index contributed by atoms with van der Waals surface area (Å²) < 4.78 is 0. The first-order chi connectivity index (χ1) is 8.21. The van der Waals surface area contributed by atoms with E-state index in [1.165, 1.54) is 12.8 Å². The minimum absolute atomic E-state index is 0.0754. The molecule has 0 unspecified atom stereocenters. The topological polar surface area (TPSA) is 49.3 Å². The number of hydrogen-bond donors (Lipinski definition) is 2. The van der Waals surface area contributed by atoms with Crippen LogP contribution in [0.1, 0.15) is 41.6 Å². The first kappa shape index (κ1) is 10.4. The summed E-state index contributed by atoms with van der Waals surface area (Å²) in [7, 11) is 0. The fraction of sp³-hybridized carbons (Fsp3) is 0.357. The fourth-order valence-corrected chi connectivity index (χ4v) is 3.04. The Morgan fingerprint density at radius 2 is 2.06 bits per heavy atom. The fourth-order valence-electron chi connectivity index (χ4n) is 3.04. The van der Waals surface area contributed by atoms with E-state index in [4.69, 9.17) is 5.11 Å². The molecule has 1 aromatic rings. The van der Waals surface area contributed by atoms with Crippen molar-refractivity contribution in [1.82, 2.24) is 0 Å². The molecule has 0 amide bonds. The summed E-state index contributed by atoms with van der Waals surface area (Å²) in [6, 6.07) is 5.37. The Kier molecular flexibility index (Phi) is 2.21. The van der Waals surface area contributed by atoms with Crippen LogP contribution in [-0.2, 0) is 5.41 Å². The first-order valence-electron chi connectivity index (χ1n) is 6.03. The molecule has 1 aliphatic heterocycles. The molecule has 3 rings (SSSR count). The van der Waals surface area contributed by atoms with E-state index in [-0.39, 0.29) is 5.41 Å². The van der Waals surface area contributed by atoms with Gasteiger partial charge in [0.2, 0.25) is 0 Å². The van der Waals surface area contributed by atoms with Crippen LogP contribution in [0.25, 0.3) is 0 Å². The zero-order valence-corrected chi connectivity index (χ0v) is 9.57. The van der Waals surface area contributed by atoms with Crippen molar-refractivity contribution < 1.29 is 9.90 Å². The molecule has 0 radical (unpaired) electrons. The molecule has 1 heterocycles. The van der Waals surface area contributed by atoms with Crippen molar-refractivity contribution in [2.75, 3.05) is 5.32 Å². The molecule has 0 atom stereocenters. The molecule has 1 saturated carbocycles. The van der Waals surface area contributed by atoms with E-state index in [1.807, 2.05) is 18.3 Å². The van der Waals surface area contributed by atoms with Gasteiger partial charge in [-0.1, -0.05) is 18.9 Å². The maximum atomic E-state index is 11.1. The highest BCUT2D eigenvalue weighted by Gasteiger charge is 2.36. The van der Waals surface area contributed by atoms with Crippen LogP contribution in [0.4, 0.5) is 5.69 Å². The van der Waals surface area contributed by atoms with Crippen molar-refractivity contribution in [2.24, 2.45) is 0 Å². The second-order valence-corrected chi connectivity index (χ2v) is 4.91. The normalized spacial score (nSPS) is 20.0. The largest absolute Gasteiger partial charge is 0.478 e. The van der Waals surface area contributed by atoms with Crippen LogP contribution in [0.15, 0.2) is 30.5 Å². The molecule has 0 saturated heterocycles. The van der Waals surface area contributed by atoms with Crippen molar-refractivity contribution >= 4 is 11.7 Å². The van der Waals surface area contributed by atoms with Gasteiger partial charge >= 0.3 is 5.97 Å². The van der Waals surface area contributed by atoms with Gasteiger partial charge in [-0.05, 0) is 42.8 Å². The lowest BCUT2D eigenvalue weighted by atomic mass is 9.76. The lowest BCUT2D eigenvalue weighted by molar-refractivity contribution is 0.0696. The van der Waals surface area contributed by atoms with Crippen LogP contribution >= 0.6 is 0 Å². The number of hydrogen-bond acceptors (Lipinski definition) is 2. The Morgan fingerprint density at radius 1 is 1.29 bits per heavy atom. The molecule has 1 aliphatic carbocycles. The smallest absolute Gasteiger partial charge is 0.335 e. The molecule has 3 nitrogen and oxygen atoms in total. The number of allylic oxidation sites excluding steroid dienone is 1. The Bertz CT molecular complexity index is 499. The molecule has 1 spiro atoms. The molecule has 17 heavy (non-hydrogen) atoms. The number of carboxylic acid groups (broad SMARTS) is 1. The number of aromatic carboxylic acids is 1. The van der Waals surface area contributed by atoms with Gasteiger partial charge in [-0.3, -0.25) is 0 Å². The van der Waals surface area contributed by atoms with Crippen molar-refractivity contribution in [1.29, 1.82) is 0 Å². The summed E-state index contributed by atoms with van der Waals surface area (Å²) in [5, 5.41) is 12.3. The third-order valence-corrected chi connectivity index (χ3v) is 3.94. The van der Waals surface area contributed by atoms with Crippen molar-refractivity contribution in [2.45, 2.75) is 31.1 Å². The van der Waals surface area contributed by atoms with Gasteiger partial charge in [0.15, 0.2) is 0 Å². The molecule has 88 valence electrons. The standard InChI is InChI=1S/C14H15NO2/c16-13(17)10-3-4-12-11(9-10)14(7-8-15-12)5-1-2-6-14/h3-4,7-9,15H,1-2,5-6H2,(H,16,17). The van der Waals surface area contributed by atoms with Gasteiger partial charge < -0.3 is 10.4 Å². The monoisotopic (exact) mass is 229 g/mol. The maximum Gasteiger partial charge on any atom is 0.335 e. The molecule has 1 aromatic carbocycles. The van der Waals surface area contributed by atoms with Gasteiger partial charge in [-0.15, -0.1) is 0 Å². The second-order valence-electron chi connectivity index (χ2n) is 4.91. The van der Waals surface area contributed by atoms with E-state index in [9.17, 15) is 4.79 Å². The molecular weight excluding hydrogens is 214 g/mol. The molecule has 2 aliphatic rings. The maximum absolute atomic E-state index is 11.1. The van der Waals surface area contributed by atoms with E-state index >= 15 is 0 Å². The van der Waals surface area contributed by atoms with Crippen LogP contribution in [0.3, 0.4) is 0 Å². The summed E-state index contributed by atoms with van der Waals surface area (Å²) >= 11 is 0. The molecule has 0 bridgehead atoms. The van der Waals surface area contributed by atoms with E-state index in [0.29, 0.717) is 5.56 Å². The minimum Gasteiger partial charge on any atom is -0.478 e. The molecule has 2 N–H and O–H groups in total. The highest BCUT2D eigenvalue weighted by atomic mass is 16.4.